The molecule has 1 amide bonds. The number of amides is 1. The molecule has 0 unspecified atom stereocenters. The number of aryl methyl sites for hydroxylation is 1. The maximum absolute atomic E-state index is 13.0. The van der Waals surface area contributed by atoms with Crippen molar-refractivity contribution in [2.24, 2.45) is 17.8 Å². The Hall–Kier alpha value is -2.00. The zero-order valence-electron chi connectivity index (χ0n) is 16.6. The predicted molar refractivity (Wildman–Crippen MR) is 107 cm³/mol. The summed E-state index contributed by atoms with van der Waals surface area (Å²) < 4.78 is 27.4. The van der Waals surface area contributed by atoms with Crippen molar-refractivity contribution in [2.45, 2.75) is 43.9 Å². The fourth-order valence-corrected chi connectivity index (χ4v) is 6.94. The Kier molecular flexibility index (Phi) is 5.37. The van der Waals surface area contributed by atoms with E-state index in [1.807, 2.05) is 0 Å². The smallest absolute Gasteiger partial charge is 0.270 e. The van der Waals surface area contributed by atoms with Crippen molar-refractivity contribution >= 4 is 21.6 Å². The number of nitro benzene ring substituents is 1. The Labute approximate surface area is 171 Å². The maximum Gasteiger partial charge on any atom is 0.270 e. The highest BCUT2D eigenvalue weighted by molar-refractivity contribution is 7.89. The molecule has 0 radical (unpaired) electrons. The zero-order valence-corrected chi connectivity index (χ0v) is 17.4. The van der Waals surface area contributed by atoms with Crippen LogP contribution in [0.15, 0.2) is 23.1 Å². The first-order valence-electron chi connectivity index (χ1n) is 10.3. The largest absolute Gasteiger partial charge is 0.340 e. The molecular weight excluding hydrogens is 394 g/mol. The number of hydrogen-bond donors (Lipinski definition) is 0. The Morgan fingerprint density at radius 3 is 2.48 bits per heavy atom. The van der Waals surface area contributed by atoms with Gasteiger partial charge in [-0.2, -0.15) is 4.31 Å². The highest BCUT2D eigenvalue weighted by Gasteiger charge is 2.41. The van der Waals surface area contributed by atoms with Gasteiger partial charge >= 0.3 is 0 Å². The number of piperazine rings is 1. The van der Waals surface area contributed by atoms with E-state index in [0.29, 0.717) is 36.9 Å². The molecule has 9 heteroatoms. The van der Waals surface area contributed by atoms with Crippen molar-refractivity contribution in [3.63, 3.8) is 0 Å². The van der Waals surface area contributed by atoms with Crippen LogP contribution in [0.25, 0.3) is 0 Å². The Morgan fingerprint density at radius 2 is 1.90 bits per heavy atom. The van der Waals surface area contributed by atoms with Crippen molar-refractivity contribution in [3.05, 3.63) is 33.9 Å². The van der Waals surface area contributed by atoms with Gasteiger partial charge in [0.05, 0.1) is 9.82 Å². The molecule has 0 N–H and O–H groups in total. The summed E-state index contributed by atoms with van der Waals surface area (Å²) >= 11 is 0. The number of non-ortho nitro benzene ring substituents is 1. The van der Waals surface area contributed by atoms with Crippen LogP contribution in [0.3, 0.4) is 0 Å². The van der Waals surface area contributed by atoms with Crippen molar-refractivity contribution in [2.75, 3.05) is 26.2 Å². The number of rotatable bonds is 5. The fraction of sp³-hybridized carbons (Fsp3) is 0.650. The van der Waals surface area contributed by atoms with Gasteiger partial charge in [-0.05, 0) is 49.5 Å². The standard InChI is InChI=1S/C20H27N3O5S/c1-14-2-5-18(23(25)26)13-19(14)29(27,28)22-8-6-21(7-9-22)20(24)12-17-11-15-3-4-16(17)10-15/h2,5,13,15-17H,3-4,6-12H2,1H3/t15-,16-,17-/m1/s1. The van der Waals surface area contributed by atoms with Crippen LogP contribution in [0.5, 0.6) is 0 Å². The Bertz CT molecular complexity index is 924. The summed E-state index contributed by atoms with van der Waals surface area (Å²) in [5, 5.41) is 11.0. The molecule has 29 heavy (non-hydrogen) atoms. The van der Waals surface area contributed by atoms with Crippen LogP contribution >= 0.6 is 0 Å². The molecule has 1 saturated heterocycles. The second-order valence-corrected chi connectivity index (χ2v) is 10.5. The number of sulfonamides is 1. The molecule has 8 nitrogen and oxygen atoms in total. The molecule has 0 spiro atoms. The van der Waals surface area contributed by atoms with Gasteiger partial charge in [0.25, 0.3) is 5.69 Å². The predicted octanol–water partition coefficient (Wildman–Crippen LogP) is 2.56. The number of fused-ring (bicyclic) bond motifs is 2. The highest BCUT2D eigenvalue weighted by Crippen LogP contribution is 2.49. The van der Waals surface area contributed by atoms with E-state index in [-0.39, 0.29) is 29.6 Å². The molecule has 1 aromatic rings. The van der Waals surface area contributed by atoms with Gasteiger partial charge in [0, 0.05) is 44.7 Å². The van der Waals surface area contributed by atoms with Crippen LogP contribution in [0.1, 0.15) is 37.7 Å². The molecule has 3 aliphatic rings. The van der Waals surface area contributed by atoms with Crippen molar-refractivity contribution in [3.8, 4) is 0 Å². The number of carbonyl (C=O) groups excluding carboxylic acids is 1. The van der Waals surface area contributed by atoms with Crippen LogP contribution in [0.4, 0.5) is 5.69 Å². The van der Waals surface area contributed by atoms with E-state index < -0.39 is 14.9 Å². The number of benzene rings is 1. The van der Waals surface area contributed by atoms with Crippen LogP contribution < -0.4 is 0 Å². The van der Waals surface area contributed by atoms with Gasteiger partial charge in [-0.1, -0.05) is 12.5 Å². The molecule has 1 aromatic carbocycles. The van der Waals surface area contributed by atoms with Gasteiger partial charge < -0.3 is 4.90 Å². The molecule has 4 rings (SSSR count). The number of carbonyl (C=O) groups is 1. The summed E-state index contributed by atoms with van der Waals surface area (Å²) in [5.41, 5.74) is 0.235. The van der Waals surface area contributed by atoms with Crippen molar-refractivity contribution in [1.82, 2.24) is 9.21 Å². The average molecular weight is 422 g/mol. The molecule has 1 heterocycles. The van der Waals surface area contributed by atoms with Gasteiger partial charge in [0.2, 0.25) is 15.9 Å². The van der Waals surface area contributed by atoms with Crippen LogP contribution in [-0.4, -0.2) is 54.6 Å². The minimum atomic E-state index is -3.84. The van der Waals surface area contributed by atoms with Gasteiger partial charge in [-0.25, -0.2) is 8.42 Å². The minimum absolute atomic E-state index is 0.0338. The average Bonchev–Trinajstić information content (AvgIpc) is 3.31. The lowest BCUT2D eigenvalue weighted by atomic mass is 9.86. The minimum Gasteiger partial charge on any atom is -0.340 e. The van der Waals surface area contributed by atoms with E-state index >= 15 is 0 Å². The SMILES string of the molecule is Cc1ccc([N+](=O)[O-])cc1S(=O)(=O)N1CCN(C(=O)C[C@H]2C[C@@H]3CC[C@@H]2C3)CC1. The van der Waals surface area contributed by atoms with Crippen LogP contribution in [-0.2, 0) is 14.8 Å². The summed E-state index contributed by atoms with van der Waals surface area (Å²) in [6, 6.07) is 3.89. The fourth-order valence-electron chi connectivity index (χ4n) is 5.28. The van der Waals surface area contributed by atoms with Gasteiger partial charge in [0.1, 0.15) is 0 Å². The summed E-state index contributed by atoms with van der Waals surface area (Å²) in [6.07, 6.45) is 5.57. The molecule has 2 bridgehead atoms. The Balaban J connectivity index is 1.39. The lowest BCUT2D eigenvalue weighted by molar-refractivity contribution is -0.385. The molecular formula is C20H27N3O5S. The van der Waals surface area contributed by atoms with Crippen molar-refractivity contribution < 1.29 is 18.1 Å². The van der Waals surface area contributed by atoms with E-state index in [4.69, 9.17) is 0 Å². The van der Waals surface area contributed by atoms with Crippen LogP contribution in [0, 0.1) is 34.8 Å². The maximum atomic E-state index is 13.0. The molecule has 3 fully saturated rings. The third-order valence-corrected chi connectivity index (χ3v) is 8.95. The lowest BCUT2D eigenvalue weighted by Crippen LogP contribution is -2.50. The normalized spacial score (nSPS) is 27.3. The van der Waals surface area contributed by atoms with Crippen LogP contribution in [0.2, 0.25) is 0 Å². The molecule has 158 valence electrons. The second kappa shape index (κ2) is 7.68. The summed E-state index contributed by atoms with van der Waals surface area (Å²) in [5.74, 6) is 2.13. The Morgan fingerprint density at radius 1 is 1.17 bits per heavy atom. The molecule has 3 atom stereocenters. The van der Waals surface area contributed by atoms with E-state index in [0.717, 1.165) is 18.4 Å². The molecule has 2 saturated carbocycles. The van der Waals surface area contributed by atoms with Gasteiger partial charge in [0.15, 0.2) is 0 Å². The molecule has 0 aromatic heterocycles. The third kappa shape index (κ3) is 3.90. The first kappa shape index (κ1) is 20.3. The van der Waals surface area contributed by atoms with E-state index in [1.165, 1.54) is 35.7 Å². The summed E-state index contributed by atoms with van der Waals surface area (Å²) in [6.45, 7) is 2.80. The zero-order chi connectivity index (χ0) is 20.8. The summed E-state index contributed by atoms with van der Waals surface area (Å²) in [4.78, 5) is 24.9. The number of nitro groups is 1. The first-order valence-corrected chi connectivity index (χ1v) is 11.7. The van der Waals surface area contributed by atoms with Gasteiger partial charge in [-0.3, -0.25) is 14.9 Å². The van der Waals surface area contributed by atoms with Crippen molar-refractivity contribution in [1.29, 1.82) is 0 Å². The lowest BCUT2D eigenvalue weighted by Gasteiger charge is -2.35. The third-order valence-electron chi connectivity index (χ3n) is 6.91. The highest BCUT2D eigenvalue weighted by atomic mass is 32.2. The topological polar surface area (TPSA) is 101 Å². The van der Waals surface area contributed by atoms with Gasteiger partial charge in [-0.15, -0.1) is 0 Å². The molecule has 2 aliphatic carbocycles. The van der Waals surface area contributed by atoms with E-state index in [1.54, 1.807) is 11.8 Å². The number of nitrogens with zero attached hydrogens (tertiary/aromatic N) is 3. The molecule has 1 aliphatic heterocycles. The summed E-state index contributed by atoms with van der Waals surface area (Å²) in [7, 11) is -3.84. The van der Waals surface area contributed by atoms with E-state index in [9.17, 15) is 23.3 Å². The van der Waals surface area contributed by atoms with E-state index in [2.05, 4.69) is 0 Å². The monoisotopic (exact) mass is 421 g/mol. The quantitative estimate of drug-likeness (QED) is 0.537. The first-order chi connectivity index (χ1) is 13.8. The second-order valence-electron chi connectivity index (χ2n) is 8.63. The number of hydrogen-bond acceptors (Lipinski definition) is 5.